The third kappa shape index (κ3) is 11.3. The van der Waals surface area contributed by atoms with Gasteiger partial charge in [0.25, 0.3) is 0 Å². The number of nitro groups is 1. The van der Waals surface area contributed by atoms with Crippen molar-refractivity contribution in [1.29, 1.82) is 0 Å². The second kappa shape index (κ2) is 15.0. The van der Waals surface area contributed by atoms with E-state index in [4.69, 9.17) is 5.73 Å². The van der Waals surface area contributed by atoms with E-state index in [9.17, 15) is 29.3 Å². The number of nitrogens with two attached hydrogens (primary N) is 1. The van der Waals surface area contributed by atoms with Gasteiger partial charge in [-0.2, -0.15) is 0 Å². The number of hydrogen-bond acceptors (Lipinski definition) is 9. The molecule has 0 aromatic heterocycles. The van der Waals surface area contributed by atoms with Gasteiger partial charge in [0.05, 0.1) is 13.2 Å². The third-order valence-electron chi connectivity index (χ3n) is 2.98. The summed E-state index contributed by atoms with van der Waals surface area (Å²) in [6.45, 7) is 9.85. The topological polar surface area (TPSA) is 156 Å². The molecule has 0 amide bonds. The minimum Gasteiger partial charge on any atom is -0.464 e. The standard InChI is InChI=1S/C8H13NO5.C8H15NO3.ClH/c1-4-14-8(11)6(9(12)13)7(10)5(2)3;1-4-12-8(11)6(9)7(10)5(2)3;/h5-6H,4H2,1-3H3;5-6H,4,9H2,1-3H3;1H. The Morgan fingerprint density at radius 1 is 0.889 bits per heavy atom. The van der Waals surface area contributed by atoms with Crippen LogP contribution in [0.15, 0.2) is 0 Å². The van der Waals surface area contributed by atoms with Crippen LogP contribution < -0.4 is 5.73 Å². The predicted octanol–water partition coefficient (Wildman–Crippen LogP) is 0.944. The van der Waals surface area contributed by atoms with Gasteiger partial charge >= 0.3 is 18.0 Å². The monoisotopic (exact) mass is 412 g/mol. The Hall–Kier alpha value is -2.07. The van der Waals surface area contributed by atoms with Crippen LogP contribution in [0.5, 0.6) is 0 Å². The van der Waals surface area contributed by atoms with Crippen LogP contribution in [-0.4, -0.2) is 53.7 Å². The molecule has 11 heteroatoms. The number of halogens is 1. The Labute approximate surface area is 164 Å². The number of carbonyl (C=O) groups is 4. The van der Waals surface area contributed by atoms with Gasteiger partial charge in [-0.25, -0.2) is 9.59 Å². The van der Waals surface area contributed by atoms with E-state index >= 15 is 0 Å². The average molecular weight is 413 g/mol. The maximum Gasteiger partial charge on any atom is 0.389 e. The maximum atomic E-state index is 11.3. The second-order valence-corrected chi connectivity index (χ2v) is 5.78. The van der Waals surface area contributed by atoms with Gasteiger partial charge in [-0.15, -0.1) is 12.4 Å². The number of esters is 2. The summed E-state index contributed by atoms with van der Waals surface area (Å²) in [4.78, 5) is 53.9. The predicted molar refractivity (Wildman–Crippen MR) is 99.0 cm³/mol. The second-order valence-electron chi connectivity index (χ2n) is 5.78. The molecular formula is C16H29ClN2O8. The van der Waals surface area contributed by atoms with Gasteiger partial charge in [0, 0.05) is 16.8 Å². The Morgan fingerprint density at radius 3 is 1.56 bits per heavy atom. The Morgan fingerprint density at radius 2 is 1.26 bits per heavy atom. The lowest BCUT2D eigenvalue weighted by Crippen LogP contribution is -2.42. The molecule has 0 spiro atoms. The van der Waals surface area contributed by atoms with Crippen LogP contribution in [0.4, 0.5) is 0 Å². The summed E-state index contributed by atoms with van der Waals surface area (Å²) in [5.74, 6) is -3.53. The number of rotatable bonds is 9. The van der Waals surface area contributed by atoms with Crippen molar-refractivity contribution in [1.82, 2.24) is 0 Å². The highest BCUT2D eigenvalue weighted by molar-refractivity contribution is 6.03. The van der Waals surface area contributed by atoms with Crippen LogP contribution in [0.1, 0.15) is 41.5 Å². The zero-order chi connectivity index (χ0) is 21.0. The number of ketones is 2. The van der Waals surface area contributed by atoms with Crippen LogP contribution in [0.25, 0.3) is 0 Å². The van der Waals surface area contributed by atoms with Crippen molar-refractivity contribution in [2.24, 2.45) is 17.6 Å². The van der Waals surface area contributed by atoms with E-state index in [2.05, 4.69) is 9.47 Å². The summed E-state index contributed by atoms with van der Waals surface area (Å²) in [6, 6.07) is -3.00. The van der Waals surface area contributed by atoms with Crippen molar-refractivity contribution >= 4 is 35.9 Å². The van der Waals surface area contributed by atoms with Crippen LogP contribution in [0.3, 0.4) is 0 Å². The molecule has 0 heterocycles. The highest BCUT2D eigenvalue weighted by atomic mass is 35.5. The normalized spacial score (nSPS) is 12.0. The lowest BCUT2D eigenvalue weighted by Gasteiger charge is -2.11. The van der Waals surface area contributed by atoms with Crippen molar-refractivity contribution < 1.29 is 33.6 Å². The molecule has 0 saturated heterocycles. The fourth-order valence-corrected chi connectivity index (χ4v) is 1.55. The summed E-state index contributed by atoms with van der Waals surface area (Å²) >= 11 is 0. The molecule has 2 unspecified atom stereocenters. The van der Waals surface area contributed by atoms with E-state index < -0.39 is 40.6 Å². The first-order valence-corrected chi connectivity index (χ1v) is 8.21. The van der Waals surface area contributed by atoms with Gasteiger partial charge in [0.1, 0.15) is 0 Å². The zero-order valence-corrected chi connectivity index (χ0v) is 17.2. The Kier molecular flexibility index (Phi) is 16.5. The van der Waals surface area contributed by atoms with Crippen molar-refractivity contribution in [2.75, 3.05) is 13.2 Å². The van der Waals surface area contributed by atoms with E-state index in [1.165, 1.54) is 20.8 Å². The molecule has 0 aromatic rings. The van der Waals surface area contributed by atoms with E-state index in [-0.39, 0.29) is 37.3 Å². The molecule has 0 rings (SSSR count). The molecule has 2 N–H and O–H groups in total. The van der Waals surface area contributed by atoms with E-state index in [1.807, 2.05) is 0 Å². The lowest BCUT2D eigenvalue weighted by molar-refractivity contribution is -0.496. The Bertz CT molecular complexity index is 523. The fraction of sp³-hybridized carbons (Fsp3) is 0.750. The van der Waals surface area contributed by atoms with Crippen LogP contribution in [-0.2, 0) is 28.7 Å². The number of nitrogens with zero attached hydrogens (tertiary/aromatic N) is 1. The molecule has 2 atom stereocenters. The first-order chi connectivity index (χ1) is 11.9. The van der Waals surface area contributed by atoms with E-state index in [1.54, 1.807) is 20.8 Å². The zero-order valence-electron chi connectivity index (χ0n) is 16.4. The van der Waals surface area contributed by atoms with Crippen molar-refractivity contribution in [3.63, 3.8) is 0 Å². The lowest BCUT2D eigenvalue weighted by atomic mass is 10.0. The summed E-state index contributed by atoms with van der Waals surface area (Å²) in [7, 11) is 0. The number of carbonyl (C=O) groups excluding carboxylic acids is 4. The van der Waals surface area contributed by atoms with Crippen molar-refractivity contribution in [3.8, 4) is 0 Å². The largest absolute Gasteiger partial charge is 0.464 e. The summed E-state index contributed by atoms with van der Waals surface area (Å²) in [5.41, 5.74) is 5.32. The van der Waals surface area contributed by atoms with E-state index in [0.29, 0.717) is 0 Å². The van der Waals surface area contributed by atoms with Gasteiger partial charge in [0.15, 0.2) is 11.8 Å². The molecule has 27 heavy (non-hydrogen) atoms. The molecule has 158 valence electrons. The van der Waals surface area contributed by atoms with Gasteiger partial charge in [-0.1, -0.05) is 27.7 Å². The molecule has 0 bridgehead atoms. The molecule has 0 aromatic carbocycles. The minimum absolute atomic E-state index is 0. The SMILES string of the molecule is CCOC(=O)C(C(=O)C(C)C)[N+](=O)[O-].CCOC(=O)C(N)C(=O)C(C)C.Cl. The molecule has 0 saturated carbocycles. The van der Waals surface area contributed by atoms with Crippen molar-refractivity contribution in [3.05, 3.63) is 10.1 Å². The van der Waals surface area contributed by atoms with Crippen molar-refractivity contribution in [2.45, 2.75) is 53.6 Å². The maximum absolute atomic E-state index is 11.3. The summed E-state index contributed by atoms with van der Waals surface area (Å²) in [5, 5.41) is 10.4. The fourth-order valence-electron chi connectivity index (χ4n) is 1.55. The van der Waals surface area contributed by atoms with Gasteiger partial charge in [0.2, 0.25) is 5.78 Å². The number of ether oxygens (including phenoxy) is 2. The smallest absolute Gasteiger partial charge is 0.389 e. The number of hydrogen-bond donors (Lipinski definition) is 1. The third-order valence-corrected chi connectivity index (χ3v) is 2.98. The highest BCUT2D eigenvalue weighted by Gasteiger charge is 2.40. The first-order valence-electron chi connectivity index (χ1n) is 8.21. The van der Waals surface area contributed by atoms with Crippen LogP contribution in [0, 0.1) is 22.0 Å². The highest BCUT2D eigenvalue weighted by Crippen LogP contribution is 2.05. The van der Waals surface area contributed by atoms with Gasteiger partial charge < -0.3 is 15.2 Å². The Balaban J connectivity index is -0.000000416. The van der Waals surface area contributed by atoms with E-state index in [0.717, 1.165) is 0 Å². The summed E-state index contributed by atoms with van der Waals surface area (Å²) in [6.07, 6.45) is 0. The van der Waals surface area contributed by atoms with Crippen LogP contribution >= 0.6 is 12.4 Å². The molecule has 0 aliphatic carbocycles. The molecule has 10 nitrogen and oxygen atoms in total. The quantitative estimate of drug-likeness (QED) is 0.252. The van der Waals surface area contributed by atoms with Gasteiger partial charge in [-0.05, 0) is 13.8 Å². The molecule has 0 fully saturated rings. The average Bonchev–Trinajstić information content (AvgIpc) is 2.53. The van der Waals surface area contributed by atoms with Gasteiger partial charge in [-0.3, -0.25) is 19.7 Å². The molecule has 0 radical (unpaired) electrons. The minimum atomic E-state index is -1.88. The molecular weight excluding hydrogens is 384 g/mol. The van der Waals surface area contributed by atoms with Crippen LogP contribution in [0.2, 0.25) is 0 Å². The first kappa shape index (κ1) is 29.7. The summed E-state index contributed by atoms with van der Waals surface area (Å²) < 4.78 is 9.03. The molecule has 0 aliphatic rings. The number of Topliss-reactive ketones (excluding diaryl/α,β-unsaturated/α-hetero) is 2. The molecule has 0 aliphatic heterocycles.